The number of β-lactam (4-membered cyclic amide) rings is 1. The molecular formula is C23H23NO4S. The van der Waals surface area contributed by atoms with E-state index in [1.807, 2.05) is 74.5 Å². The maximum atomic E-state index is 12.9. The number of hydrogen-bond acceptors (Lipinski definition) is 5. The van der Waals surface area contributed by atoms with E-state index in [1.165, 1.54) is 0 Å². The van der Waals surface area contributed by atoms with Crippen LogP contribution in [0.3, 0.4) is 0 Å². The van der Waals surface area contributed by atoms with Gasteiger partial charge in [-0.25, -0.2) is 4.79 Å². The average molecular weight is 410 g/mol. The fourth-order valence-electron chi connectivity index (χ4n) is 3.72. The number of carbonyl (C=O) groups excluding carboxylic acids is 2. The number of esters is 1. The highest BCUT2D eigenvalue weighted by molar-refractivity contribution is 8.01. The Labute approximate surface area is 174 Å². The number of rotatable bonds is 5. The summed E-state index contributed by atoms with van der Waals surface area (Å²) in [6.07, 6.45) is 1.89. The van der Waals surface area contributed by atoms with Crippen LogP contribution in [0.4, 0.5) is 0 Å². The summed E-state index contributed by atoms with van der Waals surface area (Å²) in [5.74, 6) is 0.308. The van der Waals surface area contributed by atoms with Gasteiger partial charge in [-0.05, 0) is 43.2 Å². The van der Waals surface area contributed by atoms with Gasteiger partial charge in [0.25, 0.3) is 5.91 Å². The van der Waals surface area contributed by atoms with E-state index in [0.717, 1.165) is 16.9 Å². The van der Waals surface area contributed by atoms with E-state index in [0.29, 0.717) is 5.57 Å². The second-order valence-electron chi connectivity index (χ2n) is 7.65. The van der Waals surface area contributed by atoms with Gasteiger partial charge in [0.2, 0.25) is 0 Å². The molecule has 0 bridgehead atoms. The van der Waals surface area contributed by atoms with Crippen molar-refractivity contribution in [1.82, 2.24) is 4.90 Å². The summed E-state index contributed by atoms with van der Waals surface area (Å²) in [4.78, 5) is 27.4. The molecule has 6 heteroatoms. The lowest BCUT2D eigenvalue weighted by Crippen LogP contribution is -2.58. The maximum Gasteiger partial charge on any atom is 0.330 e. The van der Waals surface area contributed by atoms with Gasteiger partial charge in [0.15, 0.2) is 0 Å². The first kappa shape index (κ1) is 19.6. The van der Waals surface area contributed by atoms with E-state index in [-0.39, 0.29) is 23.9 Å². The Bertz CT molecular complexity index is 953. The third-order valence-electron chi connectivity index (χ3n) is 5.24. The number of ether oxygens (including phenoxy) is 2. The summed E-state index contributed by atoms with van der Waals surface area (Å²) in [6, 6.07) is 16.5. The molecule has 0 saturated carbocycles. The molecule has 2 atom stereocenters. The molecule has 2 saturated heterocycles. The Morgan fingerprint density at radius 1 is 1.14 bits per heavy atom. The van der Waals surface area contributed by atoms with Crippen molar-refractivity contribution in [3.05, 3.63) is 71.3 Å². The summed E-state index contributed by atoms with van der Waals surface area (Å²) in [6.45, 7) is 4.18. The predicted octanol–water partition coefficient (Wildman–Crippen LogP) is 3.88. The highest BCUT2D eigenvalue weighted by Crippen LogP contribution is 2.53. The lowest BCUT2D eigenvalue weighted by molar-refractivity contribution is -0.158. The fourth-order valence-corrected chi connectivity index (χ4v) is 5.26. The number of carbonyl (C=O) groups is 2. The predicted molar refractivity (Wildman–Crippen MR) is 113 cm³/mol. The summed E-state index contributed by atoms with van der Waals surface area (Å²) in [5, 5.41) is -0.131. The molecule has 2 aromatic rings. The molecule has 2 heterocycles. The Morgan fingerprint density at radius 2 is 1.83 bits per heavy atom. The van der Waals surface area contributed by atoms with Crippen LogP contribution in [-0.4, -0.2) is 40.0 Å². The van der Waals surface area contributed by atoms with Crippen LogP contribution in [0.1, 0.15) is 25.0 Å². The van der Waals surface area contributed by atoms with Crippen molar-refractivity contribution >= 4 is 29.7 Å². The zero-order valence-electron chi connectivity index (χ0n) is 16.6. The monoisotopic (exact) mass is 409 g/mol. The summed E-state index contributed by atoms with van der Waals surface area (Å²) >= 11 is 1.63. The SMILES string of the molecule is COc1ccc(/C=C2\C(=O)N3[C@@H]2SC(C)(C)[C@@H]3C(=O)OCc2ccccc2)cc1. The molecule has 1 amide bonds. The minimum atomic E-state index is -0.596. The molecule has 150 valence electrons. The fraction of sp³-hybridized carbons (Fsp3) is 0.304. The minimum Gasteiger partial charge on any atom is -0.497 e. The molecule has 0 N–H and O–H groups in total. The molecule has 2 aliphatic heterocycles. The van der Waals surface area contributed by atoms with E-state index in [4.69, 9.17) is 9.47 Å². The van der Waals surface area contributed by atoms with Crippen LogP contribution in [0.5, 0.6) is 5.75 Å². The molecule has 0 aromatic heterocycles. The number of nitrogens with zero attached hydrogens (tertiary/aromatic N) is 1. The molecule has 4 rings (SSSR count). The van der Waals surface area contributed by atoms with Crippen LogP contribution >= 0.6 is 11.8 Å². The first-order valence-electron chi connectivity index (χ1n) is 9.47. The van der Waals surface area contributed by atoms with Crippen molar-refractivity contribution < 1.29 is 19.1 Å². The summed E-state index contributed by atoms with van der Waals surface area (Å²) in [7, 11) is 1.62. The first-order valence-corrected chi connectivity index (χ1v) is 10.4. The van der Waals surface area contributed by atoms with Crippen LogP contribution in [-0.2, 0) is 20.9 Å². The molecule has 2 aromatic carbocycles. The largest absolute Gasteiger partial charge is 0.497 e. The minimum absolute atomic E-state index is 0.106. The van der Waals surface area contributed by atoms with Crippen LogP contribution < -0.4 is 4.74 Å². The molecule has 0 aliphatic carbocycles. The zero-order chi connectivity index (χ0) is 20.6. The van der Waals surface area contributed by atoms with Crippen molar-refractivity contribution in [3.8, 4) is 5.75 Å². The number of fused-ring (bicyclic) bond motifs is 1. The smallest absolute Gasteiger partial charge is 0.330 e. The summed E-state index contributed by atoms with van der Waals surface area (Å²) in [5.41, 5.74) is 2.57. The molecule has 0 radical (unpaired) electrons. The quantitative estimate of drug-likeness (QED) is 0.426. The lowest BCUT2D eigenvalue weighted by Gasteiger charge is -2.39. The molecule has 0 spiro atoms. The van der Waals surface area contributed by atoms with Crippen molar-refractivity contribution in [3.63, 3.8) is 0 Å². The number of amides is 1. The van der Waals surface area contributed by atoms with Gasteiger partial charge in [0, 0.05) is 4.75 Å². The van der Waals surface area contributed by atoms with E-state index in [2.05, 4.69) is 0 Å². The Kier molecular flexibility index (Phi) is 5.13. The van der Waals surface area contributed by atoms with Gasteiger partial charge in [-0.1, -0.05) is 42.5 Å². The summed E-state index contributed by atoms with van der Waals surface area (Å²) < 4.78 is 10.3. The third kappa shape index (κ3) is 3.65. The van der Waals surface area contributed by atoms with Crippen LogP contribution in [0.25, 0.3) is 6.08 Å². The number of benzene rings is 2. The van der Waals surface area contributed by atoms with Crippen molar-refractivity contribution in [2.45, 2.75) is 36.6 Å². The average Bonchev–Trinajstić information content (AvgIpc) is 2.99. The van der Waals surface area contributed by atoms with Crippen molar-refractivity contribution in [2.75, 3.05) is 7.11 Å². The number of thioether (sulfide) groups is 1. The van der Waals surface area contributed by atoms with Crippen LogP contribution in [0.2, 0.25) is 0 Å². The van der Waals surface area contributed by atoms with Gasteiger partial charge in [0.05, 0.1) is 12.7 Å². The highest BCUT2D eigenvalue weighted by Gasteiger charge is 2.61. The standard InChI is InChI=1S/C23H23NO4S/c1-23(2)19(22(26)28-14-16-7-5-4-6-8-16)24-20(25)18(21(24)29-23)13-15-9-11-17(27-3)12-10-15/h4-13,19,21H,14H2,1-3H3/b18-13+/t19-,21+/m0/s1. The molecule has 2 fully saturated rings. The second kappa shape index (κ2) is 7.59. The van der Waals surface area contributed by atoms with Gasteiger partial charge >= 0.3 is 5.97 Å². The maximum absolute atomic E-state index is 12.9. The zero-order valence-corrected chi connectivity index (χ0v) is 17.4. The molecule has 5 nitrogen and oxygen atoms in total. The molecule has 2 aliphatic rings. The second-order valence-corrected chi connectivity index (χ2v) is 9.39. The Balaban J connectivity index is 1.49. The Morgan fingerprint density at radius 3 is 2.48 bits per heavy atom. The first-order chi connectivity index (χ1) is 13.9. The van der Waals surface area contributed by atoms with Gasteiger partial charge in [-0.3, -0.25) is 4.79 Å². The van der Waals surface area contributed by atoms with E-state index in [1.54, 1.807) is 23.8 Å². The van der Waals surface area contributed by atoms with E-state index < -0.39 is 10.8 Å². The molecule has 0 unspecified atom stereocenters. The van der Waals surface area contributed by atoms with Gasteiger partial charge < -0.3 is 14.4 Å². The van der Waals surface area contributed by atoms with Crippen LogP contribution in [0.15, 0.2) is 60.2 Å². The Hall–Kier alpha value is -2.73. The van der Waals surface area contributed by atoms with E-state index in [9.17, 15) is 9.59 Å². The number of hydrogen-bond donors (Lipinski definition) is 0. The highest BCUT2D eigenvalue weighted by atomic mass is 32.2. The lowest BCUT2D eigenvalue weighted by atomic mass is 9.94. The van der Waals surface area contributed by atoms with Gasteiger partial charge in [-0.2, -0.15) is 0 Å². The van der Waals surface area contributed by atoms with Crippen molar-refractivity contribution in [2.24, 2.45) is 0 Å². The molecule has 29 heavy (non-hydrogen) atoms. The van der Waals surface area contributed by atoms with Crippen LogP contribution in [0, 0.1) is 0 Å². The van der Waals surface area contributed by atoms with E-state index >= 15 is 0 Å². The molecular weight excluding hydrogens is 386 g/mol. The topological polar surface area (TPSA) is 55.8 Å². The van der Waals surface area contributed by atoms with Crippen molar-refractivity contribution in [1.29, 1.82) is 0 Å². The normalized spacial score (nSPS) is 23.5. The van der Waals surface area contributed by atoms with Gasteiger partial charge in [-0.15, -0.1) is 11.8 Å². The number of methoxy groups -OCH3 is 1. The van der Waals surface area contributed by atoms with Gasteiger partial charge in [0.1, 0.15) is 23.8 Å². The third-order valence-corrected chi connectivity index (χ3v) is 6.77.